The average Bonchev–Trinajstić information content (AvgIpc) is 2.79. The lowest BCUT2D eigenvalue weighted by Gasteiger charge is -2.32. The molecule has 1 saturated heterocycles. The summed E-state index contributed by atoms with van der Waals surface area (Å²) in [5, 5.41) is 2.68. The minimum atomic E-state index is -0.351. The van der Waals surface area contributed by atoms with Crippen molar-refractivity contribution in [1.29, 1.82) is 0 Å². The van der Waals surface area contributed by atoms with E-state index in [9.17, 15) is 14.4 Å². The van der Waals surface area contributed by atoms with Gasteiger partial charge in [0, 0.05) is 31.5 Å². The molecule has 0 aromatic heterocycles. The largest absolute Gasteiger partial charge is 0.489 e. The lowest BCUT2D eigenvalue weighted by Crippen LogP contribution is -2.41. The molecule has 0 unspecified atom stereocenters. The fraction of sp³-hybridized carbons (Fsp3) is 0.292. The zero-order valence-corrected chi connectivity index (χ0v) is 17.0. The van der Waals surface area contributed by atoms with E-state index in [0.717, 1.165) is 0 Å². The van der Waals surface area contributed by atoms with E-state index in [1.165, 1.54) is 0 Å². The maximum atomic E-state index is 12.7. The van der Waals surface area contributed by atoms with E-state index in [1.54, 1.807) is 59.5 Å². The van der Waals surface area contributed by atoms with Gasteiger partial charge in [-0.25, -0.2) is 0 Å². The van der Waals surface area contributed by atoms with E-state index >= 15 is 0 Å². The Morgan fingerprint density at radius 3 is 2.40 bits per heavy atom. The van der Waals surface area contributed by atoms with E-state index in [2.05, 4.69) is 5.32 Å². The summed E-state index contributed by atoms with van der Waals surface area (Å²) < 4.78 is 6.09. The fourth-order valence-electron chi connectivity index (χ4n) is 3.36. The number of piperidine rings is 1. The minimum absolute atomic E-state index is 0.0128. The molecular weight excluding hydrogens is 380 g/mol. The van der Waals surface area contributed by atoms with Crippen molar-refractivity contribution in [2.24, 2.45) is 0 Å². The Labute approximate surface area is 176 Å². The average molecular weight is 406 g/mol. The van der Waals surface area contributed by atoms with Crippen LogP contribution in [0.25, 0.3) is 0 Å². The van der Waals surface area contributed by atoms with Crippen molar-refractivity contribution in [2.75, 3.05) is 19.6 Å². The molecule has 2 aromatic rings. The number of rotatable bonds is 7. The van der Waals surface area contributed by atoms with Gasteiger partial charge in [-0.2, -0.15) is 0 Å². The molecule has 30 heavy (non-hydrogen) atoms. The summed E-state index contributed by atoms with van der Waals surface area (Å²) in [6, 6.07) is 15.9. The van der Waals surface area contributed by atoms with Crippen molar-refractivity contribution in [3.05, 3.63) is 77.9 Å². The number of ketones is 1. The van der Waals surface area contributed by atoms with Gasteiger partial charge in [-0.3, -0.25) is 14.4 Å². The number of amides is 2. The van der Waals surface area contributed by atoms with E-state index < -0.39 is 0 Å². The Morgan fingerprint density at radius 1 is 1.03 bits per heavy atom. The monoisotopic (exact) mass is 406 g/mol. The van der Waals surface area contributed by atoms with Crippen LogP contribution in [0.5, 0.6) is 5.75 Å². The number of benzene rings is 2. The molecule has 6 nitrogen and oxygen atoms in total. The van der Waals surface area contributed by atoms with Gasteiger partial charge in [0.05, 0.1) is 12.1 Å². The van der Waals surface area contributed by atoms with Gasteiger partial charge < -0.3 is 15.0 Å². The van der Waals surface area contributed by atoms with Gasteiger partial charge in [0.2, 0.25) is 5.91 Å². The van der Waals surface area contributed by atoms with E-state index in [-0.39, 0.29) is 30.2 Å². The van der Waals surface area contributed by atoms with Gasteiger partial charge in [0.1, 0.15) is 11.9 Å². The quantitative estimate of drug-likeness (QED) is 0.566. The maximum absolute atomic E-state index is 12.7. The summed E-state index contributed by atoms with van der Waals surface area (Å²) >= 11 is 0. The molecule has 0 radical (unpaired) electrons. The third-order valence-corrected chi connectivity index (χ3v) is 4.99. The molecule has 0 atom stereocenters. The number of para-hydroxylation sites is 1. The highest BCUT2D eigenvalue weighted by Gasteiger charge is 2.24. The molecule has 0 spiro atoms. The molecule has 1 fully saturated rings. The molecule has 0 saturated carbocycles. The normalized spacial score (nSPS) is 14.5. The molecule has 1 heterocycles. The Bertz CT molecular complexity index is 916. The SMILES string of the molecule is C/C=C/C(=O)N1CCC(Oc2ccccc2C(=O)NCC(=O)c2ccccc2)CC1. The standard InChI is InChI=1S/C24H26N2O4/c1-2-8-23(28)26-15-13-19(14-16-26)30-22-12-7-6-11-20(22)24(29)25-17-21(27)18-9-4-3-5-10-18/h2-12,19H,13-17H2,1H3,(H,25,29)/b8-2+. The number of carbonyl (C=O) groups is 3. The Hall–Kier alpha value is -3.41. The van der Waals surface area contributed by atoms with Crippen molar-refractivity contribution in [3.63, 3.8) is 0 Å². The highest BCUT2D eigenvalue weighted by Crippen LogP contribution is 2.23. The first-order valence-corrected chi connectivity index (χ1v) is 10.1. The summed E-state index contributed by atoms with van der Waals surface area (Å²) in [7, 11) is 0. The van der Waals surface area contributed by atoms with E-state index in [4.69, 9.17) is 4.74 Å². The first-order chi connectivity index (χ1) is 14.6. The number of hydrogen-bond acceptors (Lipinski definition) is 4. The molecule has 3 rings (SSSR count). The predicted molar refractivity (Wildman–Crippen MR) is 115 cm³/mol. The van der Waals surface area contributed by atoms with E-state index in [0.29, 0.717) is 42.8 Å². The van der Waals surface area contributed by atoms with Crippen LogP contribution in [0.1, 0.15) is 40.5 Å². The topological polar surface area (TPSA) is 75.7 Å². The van der Waals surface area contributed by atoms with Crippen LogP contribution in [0.2, 0.25) is 0 Å². The molecule has 1 aliphatic rings. The first-order valence-electron chi connectivity index (χ1n) is 10.1. The molecule has 2 amide bonds. The second-order valence-electron chi connectivity index (χ2n) is 7.11. The number of Topliss-reactive ketones (excluding diaryl/α,β-unsaturated/α-hetero) is 1. The zero-order valence-electron chi connectivity index (χ0n) is 17.0. The fourth-order valence-corrected chi connectivity index (χ4v) is 3.36. The van der Waals surface area contributed by atoms with Crippen LogP contribution in [-0.2, 0) is 4.79 Å². The van der Waals surface area contributed by atoms with Crippen LogP contribution in [-0.4, -0.2) is 48.2 Å². The molecule has 2 aromatic carbocycles. The van der Waals surface area contributed by atoms with Gasteiger partial charge in [-0.1, -0.05) is 48.5 Å². The summed E-state index contributed by atoms with van der Waals surface area (Å²) in [5.41, 5.74) is 0.951. The second-order valence-corrected chi connectivity index (χ2v) is 7.11. The maximum Gasteiger partial charge on any atom is 0.255 e. The number of likely N-dealkylation sites (tertiary alicyclic amines) is 1. The molecule has 0 bridgehead atoms. The molecule has 156 valence electrons. The minimum Gasteiger partial charge on any atom is -0.489 e. The molecule has 6 heteroatoms. The third-order valence-electron chi connectivity index (χ3n) is 4.99. The molecule has 1 aliphatic heterocycles. The number of hydrogen-bond donors (Lipinski definition) is 1. The van der Waals surface area contributed by atoms with Gasteiger partial charge in [0.25, 0.3) is 5.91 Å². The number of allylic oxidation sites excluding steroid dienone is 1. The van der Waals surface area contributed by atoms with Crippen molar-refractivity contribution in [2.45, 2.75) is 25.9 Å². The summed E-state index contributed by atoms with van der Waals surface area (Å²) in [5.74, 6) is -0.00435. The summed E-state index contributed by atoms with van der Waals surface area (Å²) in [6.07, 6.45) is 4.64. The molecule has 1 N–H and O–H groups in total. The number of ether oxygens (including phenoxy) is 1. The predicted octanol–water partition coefficient (Wildman–Crippen LogP) is 3.25. The lowest BCUT2D eigenvalue weighted by molar-refractivity contribution is -0.127. The summed E-state index contributed by atoms with van der Waals surface area (Å²) in [6.45, 7) is 2.98. The number of nitrogens with zero attached hydrogens (tertiary/aromatic N) is 1. The van der Waals surface area contributed by atoms with Crippen molar-refractivity contribution in [1.82, 2.24) is 10.2 Å². The van der Waals surface area contributed by atoms with Gasteiger partial charge in [-0.05, 0) is 25.1 Å². The zero-order chi connectivity index (χ0) is 21.3. The van der Waals surface area contributed by atoms with Crippen molar-refractivity contribution in [3.8, 4) is 5.75 Å². The second kappa shape index (κ2) is 10.4. The Balaban J connectivity index is 1.57. The van der Waals surface area contributed by atoms with Crippen LogP contribution < -0.4 is 10.1 Å². The third kappa shape index (κ3) is 5.56. The van der Waals surface area contributed by atoms with Gasteiger partial charge in [-0.15, -0.1) is 0 Å². The Kier molecular flexibility index (Phi) is 7.38. The van der Waals surface area contributed by atoms with Crippen molar-refractivity contribution < 1.29 is 19.1 Å². The van der Waals surface area contributed by atoms with Crippen LogP contribution in [0, 0.1) is 0 Å². The summed E-state index contributed by atoms with van der Waals surface area (Å²) in [4.78, 5) is 38.6. The van der Waals surface area contributed by atoms with E-state index in [1.807, 2.05) is 19.1 Å². The smallest absolute Gasteiger partial charge is 0.255 e. The van der Waals surface area contributed by atoms with Crippen LogP contribution in [0.4, 0.5) is 0 Å². The number of nitrogens with one attached hydrogen (secondary N) is 1. The Morgan fingerprint density at radius 2 is 1.70 bits per heavy atom. The van der Waals surface area contributed by atoms with Gasteiger partial charge >= 0.3 is 0 Å². The molecule has 0 aliphatic carbocycles. The first kappa shape index (κ1) is 21.3. The van der Waals surface area contributed by atoms with Crippen LogP contribution >= 0.6 is 0 Å². The highest BCUT2D eigenvalue weighted by atomic mass is 16.5. The molecular formula is C24H26N2O4. The number of carbonyl (C=O) groups excluding carboxylic acids is 3. The van der Waals surface area contributed by atoms with Crippen molar-refractivity contribution >= 4 is 17.6 Å². The van der Waals surface area contributed by atoms with Crippen LogP contribution in [0.3, 0.4) is 0 Å². The van der Waals surface area contributed by atoms with Crippen LogP contribution in [0.15, 0.2) is 66.7 Å². The van der Waals surface area contributed by atoms with Gasteiger partial charge in [0.15, 0.2) is 5.78 Å². The highest BCUT2D eigenvalue weighted by molar-refractivity contribution is 6.03. The lowest BCUT2D eigenvalue weighted by atomic mass is 10.1.